The number of hydrogen-bond donors (Lipinski definition) is 0. The quantitative estimate of drug-likeness (QED) is 0.752. The van der Waals surface area contributed by atoms with Crippen molar-refractivity contribution in [2.24, 2.45) is 0 Å². The Kier molecular flexibility index (Phi) is 4.10. The number of allylic oxidation sites excluding steroid dienone is 2. The van der Waals surface area contributed by atoms with Crippen molar-refractivity contribution >= 4 is 5.78 Å². The van der Waals surface area contributed by atoms with Crippen molar-refractivity contribution in [3.8, 4) is 5.75 Å². The van der Waals surface area contributed by atoms with Crippen LogP contribution in [0.5, 0.6) is 5.75 Å². The molecule has 1 aliphatic rings. The Labute approximate surface area is 131 Å². The lowest BCUT2D eigenvalue weighted by Crippen LogP contribution is -2.20. The highest BCUT2D eigenvalue weighted by Crippen LogP contribution is 2.35. The van der Waals surface area contributed by atoms with Crippen LogP contribution in [0.4, 0.5) is 0 Å². The van der Waals surface area contributed by atoms with Crippen LogP contribution >= 0.6 is 0 Å². The minimum absolute atomic E-state index is 0.161. The number of carbonyl (C=O) groups is 1. The molecule has 3 rings (SSSR count). The van der Waals surface area contributed by atoms with E-state index in [-0.39, 0.29) is 11.9 Å². The Morgan fingerprint density at radius 2 is 1.95 bits per heavy atom. The minimum atomic E-state index is -0.176. The molecule has 0 bridgehead atoms. The molecule has 0 spiro atoms. The van der Waals surface area contributed by atoms with Crippen molar-refractivity contribution in [1.82, 2.24) is 0 Å². The van der Waals surface area contributed by atoms with Gasteiger partial charge < -0.3 is 4.74 Å². The van der Waals surface area contributed by atoms with Crippen LogP contribution in [0.25, 0.3) is 0 Å². The van der Waals surface area contributed by atoms with Gasteiger partial charge in [0.2, 0.25) is 0 Å². The van der Waals surface area contributed by atoms with E-state index >= 15 is 0 Å². The predicted molar refractivity (Wildman–Crippen MR) is 88.3 cm³/mol. The Morgan fingerprint density at radius 1 is 1.18 bits per heavy atom. The first-order valence-electron chi connectivity index (χ1n) is 7.64. The normalized spacial score (nSPS) is 16.6. The molecule has 0 N–H and O–H groups in total. The summed E-state index contributed by atoms with van der Waals surface area (Å²) in [5.74, 6) is 0.861. The summed E-state index contributed by atoms with van der Waals surface area (Å²) < 4.78 is 6.03. The van der Waals surface area contributed by atoms with E-state index in [0.29, 0.717) is 17.7 Å². The molecule has 0 amide bonds. The Morgan fingerprint density at radius 3 is 2.68 bits per heavy atom. The average molecular weight is 292 g/mol. The third kappa shape index (κ3) is 3.11. The first-order valence-corrected chi connectivity index (χ1v) is 7.64. The maximum Gasteiger partial charge on any atom is 0.170 e. The maximum atomic E-state index is 12.5. The second kappa shape index (κ2) is 6.18. The summed E-state index contributed by atoms with van der Waals surface area (Å²) in [5, 5.41) is 0. The van der Waals surface area contributed by atoms with Crippen molar-refractivity contribution in [2.45, 2.75) is 32.8 Å². The number of Topliss-reactive ketones (excluding diaryl/α,β-unsaturated/α-hetero) is 1. The second-order valence-corrected chi connectivity index (χ2v) is 5.96. The molecule has 2 aromatic carbocycles. The summed E-state index contributed by atoms with van der Waals surface area (Å²) in [7, 11) is 0. The largest absolute Gasteiger partial charge is 0.484 e. The summed E-state index contributed by atoms with van der Waals surface area (Å²) in [6.07, 6.45) is 3.25. The fourth-order valence-electron chi connectivity index (χ4n) is 2.67. The number of fused-ring (bicyclic) bond motifs is 1. The van der Waals surface area contributed by atoms with Crippen LogP contribution in [0.3, 0.4) is 0 Å². The molecule has 1 heterocycles. The van der Waals surface area contributed by atoms with Crippen LogP contribution in [-0.2, 0) is 6.42 Å². The van der Waals surface area contributed by atoms with Gasteiger partial charge in [-0.05, 0) is 43.5 Å². The third-order valence-electron chi connectivity index (χ3n) is 3.90. The Bertz CT molecular complexity index is 710. The van der Waals surface area contributed by atoms with Crippen LogP contribution in [0.2, 0.25) is 0 Å². The number of carbonyl (C=O) groups excluding carboxylic acids is 1. The Balaban J connectivity index is 1.86. The lowest BCUT2D eigenvalue weighted by molar-refractivity contribution is 0.0850. The van der Waals surface area contributed by atoms with Crippen LogP contribution in [0, 0.1) is 0 Å². The molecule has 2 nitrogen and oxygen atoms in total. The minimum Gasteiger partial charge on any atom is -0.484 e. The zero-order valence-corrected chi connectivity index (χ0v) is 13.0. The highest BCUT2D eigenvalue weighted by atomic mass is 16.5. The zero-order valence-electron chi connectivity index (χ0n) is 13.0. The summed E-state index contributed by atoms with van der Waals surface area (Å²) in [4.78, 5) is 12.5. The van der Waals surface area contributed by atoms with E-state index in [1.54, 1.807) is 0 Å². The average Bonchev–Trinajstić information content (AvgIpc) is 2.54. The van der Waals surface area contributed by atoms with E-state index in [9.17, 15) is 4.79 Å². The summed E-state index contributed by atoms with van der Waals surface area (Å²) in [5.41, 5.74) is 4.20. The SMILES string of the molecule is CC(C)=CCc1ccc2c(c1)C(=O)CC(c1ccccc1)O2. The number of hydrogen-bond acceptors (Lipinski definition) is 2. The van der Waals surface area contributed by atoms with E-state index in [1.165, 1.54) is 5.57 Å². The first-order chi connectivity index (χ1) is 10.6. The molecule has 2 heteroatoms. The smallest absolute Gasteiger partial charge is 0.170 e. The van der Waals surface area contributed by atoms with Gasteiger partial charge in [0, 0.05) is 0 Å². The molecule has 22 heavy (non-hydrogen) atoms. The van der Waals surface area contributed by atoms with Crippen molar-refractivity contribution in [3.63, 3.8) is 0 Å². The molecule has 2 aromatic rings. The third-order valence-corrected chi connectivity index (χ3v) is 3.90. The molecule has 112 valence electrons. The molecule has 1 atom stereocenters. The topological polar surface area (TPSA) is 26.3 Å². The van der Waals surface area contributed by atoms with Gasteiger partial charge >= 0.3 is 0 Å². The highest BCUT2D eigenvalue weighted by Gasteiger charge is 2.27. The zero-order chi connectivity index (χ0) is 15.5. The summed E-state index contributed by atoms with van der Waals surface area (Å²) in [6.45, 7) is 4.16. The lowest BCUT2D eigenvalue weighted by atomic mass is 9.94. The van der Waals surface area contributed by atoms with Gasteiger partial charge in [0.1, 0.15) is 11.9 Å². The van der Waals surface area contributed by atoms with Crippen molar-refractivity contribution in [1.29, 1.82) is 0 Å². The van der Waals surface area contributed by atoms with E-state index in [2.05, 4.69) is 19.9 Å². The van der Waals surface area contributed by atoms with Crippen molar-refractivity contribution in [3.05, 3.63) is 76.9 Å². The molecule has 0 aliphatic carbocycles. The number of ether oxygens (including phenoxy) is 1. The maximum absolute atomic E-state index is 12.5. The molecular formula is C20H20O2. The van der Waals surface area contributed by atoms with Crippen LogP contribution in [-0.4, -0.2) is 5.78 Å². The molecule has 0 radical (unpaired) electrons. The predicted octanol–water partition coefficient (Wildman–Crippen LogP) is 4.90. The molecule has 1 unspecified atom stereocenters. The van der Waals surface area contributed by atoms with Gasteiger partial charge in [-0.1, -0.05) is 48.0 Å². The van der Waals surface area contributed by atoms with Crippen molar-refractivity contribution < 1.29 is 9.53 Å². The van der Waals surface area contributed by atoms with Crippen molar-refractivity contribution in [2.75, 3.05) is 0 Å². The van der Waals surface area contributed by atoms with E-state index in [1.807, 2.05) is 48.5 Å². The summed E-state index contributed by atoms with van der Waals surface area (Å²) in [6, 6.07) is 15.9. The fourth-order valence-corrected chi connectivity index (χ4v) is 2.67. The number of ketones is 1. The number of rotatable bonds is 3. The monoisotopic (exact) mass is 292 g/mol. The van der Waals surface area contributed by atoms with Gasteiger partial charge in [-0.2, -0.15) is 0 Å². The van der Waals surface area contributed by atoms with E-state index < -0.39 is 0 Å². The second-order valence-electron chi connectivity index (χ2n) is 5.96. The summed E-state index contributed by atoms with van der Waals surface area (Å²) >= 11 is 0. The van der Waals surface area contributed by atoms with Crippen LogP contribution < -0.4 is 4.74 Å². The van der Waals surface area contributed by atoms with Gasteiger partial charge in [0.25, 0.3) is 0 Å². The molecule has 0 fully saturated rings. The molecular weight excluding hydrogens is 272 g/mol. The Hall–Kier alpha value is -2.35. The van der Waals surface area contributed by atoms with Gasteiger partial charge in [-0.25, -0.2) is 0 Å². The van der Waals surface area contributed by atoms with Gasteiger partial charge in [-0.15, -0.1) is 0 Å². The van der Waals surface area contributed by atoms with Gasteiger partial charge in [0.05, 0.1) is 12.0 Å². The van der Waals surface area contributed by atoms with Gasteiger partial charge in [-0.3, -0.25) is 4.79 Å². The molecule has 0 saturated carbocycles. The van der Waals surface area contributed by atoms with E-state index in [4.69, 9.17) is 4.74 Å². The van der Waals surface area contributed by atoms with Crippen LogP contribution in [0.15, 0.2) is 60.2 Å². The first kappa shape index (κ1) is 14.6. The molecule has 0 aromatic heterocycles. The molecule has 0 saturated heterocycles. The standard InChI is InChI=1S/C20H20O2/c1-14(2)8-9-15-10-11-19-17(12-15)18(21)13-20(22-19)16-6-4-3-5-7-16/h3-8,10-12,20H,9,13H2,1-2H3. The number of benzene rings is 2. The highest BCUT2D eigenvalue weighted by molar-refractivity contribution is 6.00. The fraction of sp³-hybridized carbons (Fsp3) is 0.250. The lowest BCUT2D eigenvalue weighted by Gasteiger charge is -2.26. The van der Waals surface area contributed by atoms with Crippen LogP contribution in [0.1, 0.15) is 47.9 Å². The van der Waals surface area contributed by atoms with Gasteiger partial charge in [0.15, 0.2) is 5.78 Å². The van der Waals surface area contributed by atoms with E-state index in [0.717, 1.165) is 17.5 Å². The molecule has 1 aliphatic heterocycles.